The number of hydrogen-bond acceptors (Lipinski definition) is 3. The van der Waals surface area contributed by atoms with Crippen LogP contribution in [0.25, 0.3) is 0 Å². The van der Waals surface area contributed by atoms with Gasteiger partial charge in [0.05, 0.1) is 5.60 Å². The zero-order valence-corrected chi connectivity index (χ0v) is 11.8. The van der Waals surface area contributed by atoms with Gasteiger partial charge in [-0.15, -0.1) is 0 Å². The molecule has 1 aromatic carbocycles. The van der Waals surface area contributed by atoms with Crippen LogP contribution in [0.15, 0.2) is 18.2 Å². The van der Waals surface area contributed by atoms with Crippen LogP contribution in [0.1, 0.15) is 36.0 Å². The third kappa shape index (κ3) is 2.93. The van der Waals surface area contributed by atoms with Crippen molar-refractivity contribution in [1.29, 1.82) is 0 Å². The van der Waals surface area contributed by atoms with E-state index >= 15 is 0 Å². The number of rotatable bonds is 4. The Balaban J connectivity index is 2.13. The Morgan fingerprint density at radius 3 is 2.78 bits per heavy atom. The van der Waals surface area contributed by atoms with Gasteiger partial charge in [0.2, 0.25) is 0 Å². The topological polar surface area (TPSA) is 54.4 Å². The number of hydrogen-bond donors (Lipinski definition) is 1. The van der Waals surface area contributed by atoms with E-state index in [0.717, 1.165) is 17.5 Å². The largest absolute Gasteiger partial charge is 0.385 e. The molecule has 1 aliphatic carbocycles. The van der Waals surface area contributed by atoms with E-state index in [1.54, 1.807) is 0 Å². The monoisotopic (exact) mass is 268 g/mol. The van der Waals surface area contributed by atoms with Gasteiger partial charge in [0.25, 0.3) is 0 Å². The lowest BCUT2D eigenvalue weighted by atomic mass is 9.90. The first-order valence-electron chi connectivity index (χ1n) is 6.30. The summed E-state index contributed by atoms with van der Waals surface area (Å²) in [5.41, 5.74) is 2.50. The highest BCUT2D eigenvalue weighted by Gasteiger charge is 2.36. The fraction of sp³-hybridized carbons (Fsp3) is 0.571. The van der Waals surface area contributed by atoms with Crippen molar-refractivity contribution < 1.29 is 13.5 Å². The molecule has 1 aromatic rings. The molecule has 18 heavy (non-hydrogen) atoms. The van der Waals surface area contributed by atoms with E-state index in [1.165, 1.54) is 11.8 Å². The van der Waals surface area contributed by atoms with Crippen LogP contribution in [0.3, 0.4) is 0 Å². The standard InChI is InChI=1S/C14H20O3S/c1-11-4-5-12-6-8-14(15,13(12)10-11)7-3-9-18(2,16)17/h4-5,10,15H,3,6-9H2,1-2H3. The lowest BCUT2D eigenvalue weighted by Crippen LogP contribution is -2.23. The summed E-state index contributed by atoms with van der Waals surface area (Å²) < 4.78 is 22.3. The second-order valence-corrected chi connectivity index (χ2v) is 7.69. The smallest absolute Gasteiger partial charge is 0.147 e. The second kappa shape index (κ2) is 4.67. The Morgan fingerprint density at radius 2 is 2.11 bits per heavy atom. The molecule has 1 unspecified atom stereocenters. The molecule has 0 spiro atoms. The van der Waals surface area contributed by atoms with Gasteiger partial charge in [0, 0.05) is 12.0 Å². The first kappa shape index (κ1) is 13.6. The van der Waals surface area contributed by atoms with Crippen LogP contribution in [0.2, 0.25) is 0 Å². The normalized spacial score (nSPS) is 23.1. The highest BCUT2D eigenvalue weighted by atomic mass is 32.2. The molecular weight excluding hydrogens is 248 g/mol. The first-order valence-corrected chi connectivity index (χ1v) is 8.36. The molecule has 1 atom stereocenters. The molecule has 0 saturated heterocycles. The molecule has 3 nitrogen and oxygen atoms in total. The molecule has 0 aromatic heterocycles. The van der Waals surface area contributed by atoms with E-state index < -0.39 is 15.4 Å². The Labute approximate surface area is 109 Å². The van der Waals surface area contributed by atoms with E-state index in [2.05, 4.69) is 12.1 Å². The Hall–Kier alpha value is -0.870. The quantitative estimate of drug-likeness (QED) is 0.908. The Kier molecular flexibility index (Phi) is 3.52. The van der Waals surface area contributed by atoms with Crippen molar-refractivity contribution >= 4 is 9.84 Å². The van der Waals surface area contributed by atoms with Crippen molar-refractivity contribution in [3.8, 4) is 0 Å². The highest BCUT2D eigenvalue weighted by Crippen LogP contribution is 2.40. The van der Waals surface area contributed by atoms with Gasteiger partial charge in [-0.3, -0.25) is 0 Å². The average Bonchev–Trinajstić information content (AvgIpc) is 2.55. The summed E-state index contributed by atoms with van der Waals surface area (Å²) in [6.07, 6.45) is 3.86. The predicted octanol–water partition coefficient (Wildman–Crippen LogP) is 1.95. The molecule has 100 valence electrons. The second-order valence-electron chi connectivity index (χ2n) is 5.43. The van der Waals surface area contributed by atoms with Gasteiger partial charge in [0.1, 0.15) is 9.84 Å². The predicted molar refractivity (Wildman–Crippen MR) is 72.3 cm³/mol. The summed E-state index contributed by atoms with van der Waals surface area (Å²) in [5, 5.41) is 10.7. The van der Waals surface area contributed by atoms with E-state index in [0.29, 0.717) is 19.3 Å². The summed E-state index contributed by atoms with van der Waals surface area (Å²) in [7, 11) is -2.94. The minimum absolute atomic E-state index is 0.149. The van der Waals surface area contributed by atoms with Crippen molar-refractivity contribution in [3.63, 3.8) is 0 Å². The highest BCUT2D eigenvalue weighted by molar-refractivity contribution is 7.90. The molecule has 0 heterocycles. The van der Waals surface area contributed by atoms with E-state index in [9.17, 15) is 13.5 Å². The number of fused-ring (bicyclic) bond motifs is 1. The van der Waals surface area contributed by atoms with Gasteiger partial charge < -0.3 is 5.11 Å². The molecule has 2 rings (SSSR count). The average molecular weight is 268 g/mol. The minimum atomic E-state index is -2.94. The molecular formula is C14H20O3S. The van der Waals surface area contributed by atoms with Gasteiger partial charge >= 0.3 is 0 Å². The summed E-state index contributed by atoms with van der Waals surface area (Å²) in [6, 6.07) is 6.16. The summed E-state index contributed by atoms with van der Waals surface area (Å²) in [5.74, 6) is 0.149. The Morgan fingerprint density at radius 1 is 1.39 bits per heavy atom. The molecule has 0 radical (unpaired) electrons. The van der Waals surface area contributed by atoms with Gasteiger partial charge in [0.15, 0.2) is 0 Å². The van der Waals surface area contributed by atoms with Crippen LogP contribution in [0.4, 0.5) is 0 Å². The zero-order valence-electron chi connectivity index (χ0n) is 10.9. The third-order valence-corrected chi connectivity index (χ3v) is 4.71. The molecule has 0 amide bonds. The SMILES string of the molecule is Cc1ccc2c(c1)C(O)(CCCS(C)(=O)=O)CC2. The van der Waals surface area contributed by atoms with Crippen LogP contribution in [-0.4, -0.2) is 25.5 Å². The molecule has 0 saturated carbocycles. The van der Waals surface area contributed by atoms with Crippen LogP contribution in [-0.2, 0) is 21.9 Å². The minimum Gasteiger partial charge on any atom is -0.385 e. The van der Waals surface area contributed by atoms with Gasteiger partial charge in [-0.05, 0) is 43.7 Å². The maximum absolute atomic E-state index is 11.1. The van der Waals surface area contributed by atoms with Crippen molar-refractivity contribution in [2.45, 2.75) is 38.2 Å². The molecule has 4 heteroatoms. The lowest BCUT2D eigenvalue weighted by Gasteiger charge is -2.24. The van der Waals surface area contributed by atoms with E-state index in [4.69, 9.17) is 0 Å². The van der Waals surface area contributed by atoms with Gasteiger partial charge in [-0.25, -0.2) is 8.42 Å². The molecule has 1 aliphatic rings. The van der Waals surface area contributed by atoms with Crippen LogP contribution >= 0.6 is 0 Å². The maximum atomic E-state index is 11.1. The number of sulfone groups is 1. The van der Waals surface area contributed by atoms with Crippen molar-refractivity contribution in [2.75, 3.05) is 12.0 Å². The summed E-state index contributed by atoms with van der Waals surface area (Å²) in [6.45, 7) is 2.01. The maximum Gasteiger partial charge on any atom is 0.147 e. The zero-order chi connectivity index (χ0) is 13.4. The molecule has 0 bridgehead atoms. The fourth-order valence-corrected chi connectivity index (χ4v) is 3.37. The number of aliphatic hydroxyl groups is 1. The van der Waals surface area contributed by atoms with E-state index in [-0.39, 0.29) is 5.75 Å². The van der Waals surface area contributed by atoms with Crippen LogP contribution in [0, 0.1) is 6.92 Å². The fourth-order valence-electron chi connectivity index (χ4n) is 2.70. The molecule has 0 fully saturated rings. The summed E-state index contributed by atoms with van der Waals surface area (Å²) in [4.78, 5) is 0. The Bertz CT molecular complexity index is 548. The van der Waals surface area contributed by atoms with Gasteiger partial charge in [-0.1, -0.05) is 23.8 Å². The van der Waals surface area contributed by atoms with Crippen molar-refractivity contribution in [1.82, 2.24) is 0 Å². The van der Waals surface area contributed by atoms with Crippen LogP contribution in [0.5, 0.6) is 0 Å². The number of aryl methyl sites for hydroxylation is 2. The first-order chi connectivity index (χ1) is 8.30. The van der Waals surface area contributed by atoms with Crippen molar-refractivity contribution in [2.24, 2.45) is 0 Å². The number of benzene rings is 1. The van der Waals surface area contributed by atoms with Crippen molar-refractivity contribution in [3.05, 3.63) is 34.9 Å². The molecule has 1 N–H and O–H groups in total. The lowest BCUT2D eigenvalue weighted by molar-refractivity contribution is 0.0289. The summed E-state index contributed by atoms with van der Waals surface area (Å²) >= 11 is 0. The van der Waals surface area contributed by atoms with E-state index in [1.807, 2.05) is 13.0 Å². The molecule has 0 aliphatic heterocycles. The van der Waals surface area contributed by atoms with Crippen LogP contribution < -0.4 is 0 Å². The third-order valence-electron chi connectivity index (χ3n) is 3.68. The van der Waals surface area contributed by atoms with Gasteiger partial charge in [-0.2, -0.15) is 0 Å².